The lowest BCUT2D eigenvalue weighted by Crippen LogP contribution is -2.51. The molecule has 0 bridgehead atoms. The summed E-state index contributed by atoms with van der Waals surface area (Å²) in [4.78, 5) is 0. The van der Waals surface area contributed by atoms with Gasteiger partial charge >= 0.3 is 0 Å². The van der Waals surface area contributed by atoms with Crippen LogP contribution in [0.3, 0.4) is 0 Å². The van der Waals surface area contributed by atoms with E-state index in [-0.39, 0.29) is 5.54 Å². The minimum atomic E-state index is -0.263. The van der Waals surface area contributed by atoms with Crippen LogP contribution in [-0.4, -0.2) is 12.6 Å². The van der Waals surface area contributed by atoms with Crippen molar-refractivity contribution < 1.29 is 0 Å². The highest BCUT2D eigenvalue weighted by molar-refractivity contribution is 6.30. The van der Waals surface area contributed by atoms with Gasteiger partial charge in [0.25, 0.3) is 0 Å². The number of benzene rings is 1. The van der Waals surface area contributed by atoms with Crippen molar-refractivity contribution in [2.75, 3.05) is 6.54 Å². The molecule has 0 spiro atoms. The van der Waals surface area contributed by atoms with Crippen LogP contribution in [0.2, 0.25) is 5.02 Å². The Morgan fingerprint density at radius 1 is 1.44 bits per heavy atom. The number of hydrogen-bond acceptors (Lipinski definition) is 2. The molecule has 1 aromatic carbocycles. The van der Waals surface area contributed by atoms with E-state index in [1.165, 1.54) is 12.0 Å². The van der Waals surface area contributed by atoms with Crippen LogP contribution in [0, 0.1) is 0 Å². The van der Waals surface area contributed by atoms with Gasteiger partial charge in [0.2, 0.25) is 0 Å². The summed E-state index contributed by atoms with van der Waals surface area (Å²) >= 11 is 5.91. The van der Waals surface area contributed by atoms with Crippen molar-refractivity contribution in [1.82, 2.24) is 5.32 Å². The first-order valence-corrected chi connectivity index (χ1v) is 6.33. The molecule has 1 heterocycles. The van der Waals surface area contributed by atoms with Crippen LogP contribution in [0.1, 0.15) is 31.7 Å². The zero-order chi connectivity index (χ0) is 11.6. The van der Waals surface area contributed by atoms with Gasteiger partial charge in [0.1, 0.15) is 0 Å². The molecular weight excluding hydrogens is 220 g/mol. The lowest BCUT2D eigenvalue weighted by atomic mass is 9.81. The summed E-state index contributed by atoms with van der Waals surface area (Å²) in [7, 11) is 0. The quantitative estimate of drug-likeness (QED) is 0.850. The van der Waals surface area contributed by atoms with Crippen LogP contribution in [0.15, 0.2) is 24.3 Å². The summed E-state index contributed by atoms with van der Waals surface area (Å²) in [6, 6.07) is 8.32. The van der Waals surface area contributed by atoms with E-state index in [0.29, 0.717) is 6.04 Å². The van der Waals surface area contributed by atoms with E-state index in [1.54, 1.807) is 0 Å². The van der Waals surface area contributed by atoms with E-state index in [1.807, 2.05) is 24.3 Å². The maximum Gasteiger partial charge on any atom is 0.0562 e. The van der Waals surface area contributed by atoms with Crippen LogP contribution >= 0.6 is 11.6 Å². The molecule has 2 rings (SSSR count). The molecular formula is C13H19ClN2. The second-order valence-corrected chi connectivity index (χ2v) is 4.99. The zero-order valence-corrected chi connectivity index (χ0v) is 10.4. The van der Waals surface area contributed by atoms with E-state index < -0.39 is 0 Å². The molecule has 0 radical (unpaired) electrons. The minimum Gasteiger partial charge on any atom is -0.320 e. The summed E-state index contributed by atoms with van der Waals surface area (Å²) in [5.41, 5.74) is 7.49. The molecule has 16 heavy (non-hydrogen) atoms. The molecule has 88 valence electrons. The van der Waals surface area contributed by atoms with Gasteiger partial charge in [-0.15, -0.1) is 0 Å². The lowest BCUT2D eigenvalue weighted by Gasteiger charge is -2.35. The van der Waals surface area contributed by atoms with E-state index in [9.17, 15) is 0 Å². The first kappa shape index (κ1) is 11.9. The van der Waals surface area contributed by atoms with Gasteiger partial charge < -0.3 is 11.1 Å². The van der Waals surface area contributed by atoms with Gasteiger partial charge in [0.15, 0.2) is 0 Å². The molecule has 1 fully saturated rings. The predicted molar refractivity (Wildman–Crippen MR) is 68.6 cm³/mol. The Labute approximate surface area is 102 Å². The number of hydrogen-bond donors (Lipinski definition) is 2. The number of nitrogens with one attached hydrogen (secondary N) is 1. The molecule has 1 unspecified atom stereocenters. The fourth-order valence-corrected chi connectivity index (χ4v) is 2.66. The standard InChI is InChI=1S/C13H19ClN2/c1-2-13(15,12-4-3-9-16-12)10-5-7-11(14)8-6-10/h5-8,12,16H,2-4,9,15H2,1H3/t12-,13?/m1/s1. The molecule has 1 aliphatic heterocycles. The second kappa shape index (κ2) is 4.74. The summed E-state index contributed by atoms with van der Waals surface area (Å²) in [6.45, 7) is 3.23. The van der Waals surface area contributed by atoms with E-state index in [0.717, 1.165) is 24.4 Å². The third-order valence-corrected chi connectivity index (χ3v) is 3.90. The summed E-state index contributed by atoms with van der Waals surface area (Å²) < 4.78 is 0. The predicted octanol–water partition coefficient (Wildman–Crippen LogP) is 2.66. The van der Waals surface area contributed by atoms with E-state index in [2.05, 4.69) is 12.2 Å². The average Bonchev–Trinajstić information content (AvgIpc) is 2.83. The highest BCUT2D eigenvalue weighted by Crippen LogP contribution is 2.31. The largest absolute Gasteiger partial charge is 0.320 e. The smallest absolute Gasteiger partial charge is 0.0562 e. The molecule has 0 amide bonds. The van der Waals surface area contributed by atoms with Crippen LogP contribution < -0.4 is 11.1 Å². The summed E-state index contributed by atoms with van der Waals surface area (Å²) in [5, 5.41) is 4.27. The molecule has 2 atom stereocenters. The second-order valence-electron chi connectivity index (χ2n) is 4.55. The molecule has 1 aromatic rings. The molecule has 3 heteroatoms. The Bertz CT molecular complexity index is 343. The minimum absolute atomic E-state index is 0.263. The Balaban J connectivity index is 2.29. The Morgan fingerprint density at radius 3 is 2.62 bits per heavy atom. The highest BCUT2D eigenvalue weighted by Gasteiger charge is 2.36. The van der Waals surface area contributed by atoms with E-state index >= 15 is 0 Å². The van der Waals surface area contributed by atoms with Gasteiger partial charge in [-0.05, 0) is 43.5 Å². The Hall–Kier alpha value is -0.570. The molecule has 0 saturated carbocycles. The van der Waals surface area contributed by atoms with Crippen molar-refractivity contribution in [3.05, 3.63) is 34.9 Å². The summed E-state index contributed by atoms with van der Waals surface area (Å²) in [6.07, 6.45) is 3.32. The Morgan fingerprint density at radius 2 is 2.12 bits per heavy atom. The fourth-order valence-electron chi connectivity index (χ4n) is 2.54. The lowest BCUT2D eigenvalue weighted by molar-refractivity contribution is 0.315. The van der Waals surface area contributed by atoms with Gasteiger partial charge in [0.05, 0.1) is 5.54 Å². The first-order chi connectivity index (χ1) is 7.66. The molecule has 2 nitrogen and oxygen atoms in total. The van der Waals surface area contributed by atoms with Crippen LogP contribution in [0.5, 0.6) is 0 Å². The monoisotopic (exact) mass is 238 g/mol. The van der Waals surface area contributed by atoms with Crippen molar-refractivity contribution in [2.45, 2.75) is 37.8 Å². The number of halogens is 1. The van der Waals surface area contributed by atoms with Crippen molar-refractivity contribution >= 4 is 11.6 Å². The SMILES string of the molecule is CCC(N)(c1ccc(Cl)cc1)[C@H]1CCCN1. The molecule has 1 aliphatic rings. The maximum absolute atomic E-state index is 6.57. The first-order valence-electron chi connectivity index (χ1n) is 5.95. The van der Waals surface area contributed by atoms with Crippen LogP contribution in [-0.2, 0) is 5.54 Å². The van der Waals surface area contributed by atoms with Gasteiger partial charge in [-0.1, -0.05) is 30.7 Å². The van der Waals surface area contributed by atoms with Crippen molar-refractivity contribution in [1.29, 1.82) is 0 Å². The van der Waals surface area contributed by atoms with Crippen LogP contribution in [0.4, 0.5) is 0 Å². The Kier molecular flexibility index (Phi) is 3.53. The molecule has 3 N–H and O–H groups in total. The molecule has 1 saturated heterocycles. The molecule has 0 aromatic heterocycles. The fraction of sp³-hybridized carbons (Fsp3) is 0.538. The summed E-state index contributed by atoms with van der Waals surface area (Å²) in [5.74, 6) is 0. The van der Waals surface area contributed by atoms with Gasteiger partial charge in [-0.25, -0.2) is 0 Å². The van der Waals surface area contributed by atoms with Gasteiger partial charge in [-0.2, -0.15) is 0 Å². The number of rotatable bonds is 3. The third kappa shape index (κ3) is 2.10. The third-order valence-electron chi connectivity index (χ3n) is 3.65. The topological polar surface area (TPSA) is 38.0 Å². The van der Waals surface area contributed by atoms with Crippen molar-refractivity contribution in [3.8, 4) is 0 Å². The number of nitrogens with two attached hydrogens (primary N) is 1. The van der Waals surface area contributed by atoms with Crippen LogP contribution in [0.25, 0.3) is 0 Å². The average molecular weight is 239 g/mol. The van der Waals surface area contributed by atoms with Gasteiger partial charge in [-0.3, -0.25) is 0 Å². The highest BCUT2D eigenvalue weighted by atomic mass is 35.5. The van der Waals surface area contributed by atoms with E-state index in [4.69, 9.17) is 17.3 Å². The van der Waals surface area contributed by atoms with Crippen molar-refractivity contribution in [2.24, 2.45) is 5.73 Å². The maximum atomic E-state index is 6.57. The van der Waals surface area contributed by atoms with Gasteiger partial charge in [0, 0.05) is 11.1 Å². The molecule has 0 aliphatic carbocycles. The zero-order valence-electron chi connectivity index (χ0n) is 9.67. The normalized spacial score (nSPS) is 24.3. The van der Waals surface area contributed by atoms with Crippen molar-refractivity contribution in [3.63, 3.8) is 0 Å².